The van der Waals surface area contributed by atoms with Crippen molar-refractivity contribution in [3.8, 4) is 0 Å². The van der Waals surface area contributed by atoms with Crippen LogP contribution >= 0.6 is 0 Å². The number of nitrogens with one attached hydrogen (secondary N) is 1. The first kappa shape index (κ1) is 23.4. The van der Waals surface area contributed by atoms with Gasteiger partial charge in [0.05, 0.1) is 25.2 Å². The van der Waals surface area contributed by atoms with Crippen LogP contribution in [-0.2, 0) is 20.9 Å². The van der Waals surface area contributed by atoms with Crippen LogP contribution in [0.4, 0.5) is 5.69 Å². The minimum atomic E-state index is -0.0533. The number of nitrogens with zero attached hydrogens (tertiary/aromatic N) is 3. The molecule has 6 aliphatic rings. The lowest BCUT2D eigenvalue weighted by molar-refractivity contribution is -0.159. The van der Waals surface area contributed by atoms with Crippen molar-refractivity contribution in [1.29, 1.82) is 0 Å². The summed E-state index contributed by atoms with van der Waals surface area (Å²) in [6.45, 7) is 7.93. The summed E-state index contributed by atoms with van der Waals surface area (Å²) in [5.41, 5.74) is 2.04. The first-order valence-corrected chi connectivity index (χ1v) is 13.8. The van der Waals surface area contributed by atoms with Gasteiger partial charge in [-0.1, -0.05) is 12.1 Å². The van der Waals surface area contributed by atoms with Crippen molar-refractivity contribution in [3.63, 3.8) is 0 Å². The molecule has 190 valence electrons. The Kier molecular flexibility index (Phi) is 6.58. The standard InChI is InChI=1S/C28H40N4O3/c33-26(29-25-3-1-21(2-4-25)19-31-9-11-35-12-10-31)20-30-5-7-32(8-6-30)27(34)28-16-22-13-23(17-28)15-24(14-22)18-28/h1-4,22-24H,5-20H2,(H,29,33). The third-order valence-corrected chi connectivity index (χ3v) is 9.27. The predicted octanol–water partition coefficient (Wildman–Crippen LogP) is 2.82. The molecule has 0 spiro atoms. The fraction of sp³-hybridized carbons (Fsp3) is 0.714. The number of morpholine rings is 1. The van der Waals surface area contributed by atoms with Crippen LogP contribution in [0, 0.1) is 23.2 Å². The molecule has 1 aromatic carbocycles. The number of anilines is 1. The average Bonchev–Trinajstić information content (AvgIpc) is 2.85. The largest absolute Gasteiger partial charge is 0.379 e. The molecule has 7 heteroatoms. The number of piperazine rings is 1. The number of ether oxygens (including phenoxy) is 1. The van der Waals surface area contributed by atoms with E-state index in [0.717, 1.165) is 102 Å². The minimum Gasteiger partial charge on any atom is -0.379 e. The quantitative estimate of drug-likeness (QED) is 0.678. The Morgan fingerprint density at radius 2 is 1.43 bits per heavy atom. The highest BCUT2D eigenvalue weighted by atomic mass is 16.5. The monoisotopic (exact) mass is 480 g/mol. The van der Waals surface area contributed by atoms with Crippen molar-refractivity contribution in [3.05, 3.63) is 29.8 Å². The third kappa shape index (κ3) is 5.13. The van der Waals surface area contributed by atoms with E-state index in [0.29, 0.717) is 12.5 Å². The van der Waals surface area contributed by atoms with Crippen LogP contribution in [0.15, 0.2) is 24.3 Å². The molecule has 2 saturated heterocycles. The topological polar surface area (TPSA) is 65.1 Å². The summed E-state index contributed by atoms with van der Waals surface area (Å²) in [5.74, 6) is 2.83. The second-order valence-electron chi connectivity index (χ2n) is 11.9. The highest BCUT2D eigenvalue weighted by Crippen LogP contribution is 2.60. The lowest BCUT2D eigenvalue weighted by Crippen LogP contribution is -2.58. The van der Waals surface area contributed by atoms with Crippen molar-refractivity contribution in [2.75, 3.05) is 64.3 Å². The van der Waals surface area contributed by atoms with Gasteiger partial charge in [0, 0.05) is 51.5 Å². The van der Waals surface area contributed by atoms with Gasteiger partial charge in [0.2, 0.25) is 11.8 Å². The minimum absolute atomic E-state index is 0.0202. The molecule has 0 radical (unpaired) electrons. The summed E-state index contributed by atoms with van der Waals surface area (Å²) in [5, 5.41) is 3.05. The van der Waals surface area contributed by atoms with Gasteiger partial charge >= 0.3 is 0 Å². The van der Waals surface area contributed by atoms with Crippen LogP contribution in [0.1, 0.15) is 44.1 Å². The van der Waals surface area contributed by atoms with Crippen LogP contribution in [0.2, 0.25) is 0 Å². The molecule has 1 N–H and O–H groups in total. The average molecular weight is 481 g/mol. The summed E-state index contributed by atoms with van der Waals surface area (Å²) < 4.78 is 5.42. The molecule has 2 heterocycles. The van der Waals surface area contributed by atoms with E-state index in [1.165, 1.54) is 24.8 Å². The van der Waals surface area contributed by atoms with Crippen LogP contribution in [-0.4, -0.2) is 85.5 Å². The molecule has 0 atom stereocenters. The van der Waals surface area contributed by atoms with E-state index in [1.54, 1.807) is 0 Å². The number of hydrogen-bond donors (Lipinski definition) is 1. The fourth-order valence-electron chi connectivity index (χ4n) is 7.93. The molecule has 35 heavy (non-hydrogen) atoms. The maximum atomic E-state index is 13.6. The Bertz CT molecular complexity index is 883. The molecule has 0 aromatic heterocycles. The predicted molar refractivity (Wildman–Crippen MR) is 135 cm³/mol. The molecule has 6 fully saturated rings. The summed E-state index contributed by atoms with van der Waals surface area (Å²) in [7, 11) is 0. The van der Waals surface area contributed by atoms with E-state index in [2.05, 4.69) is 32.1 Å². The van der Waals surface area contributed by atoms with E-state index in [4.69, 9.17) is 4.74 Å². The Morgan fingerprint density at radius 3 is 2.03 bits per heavy atom. The highest BCUT2D eigenvalue weighted by Gasteiger charge is 2.55. The normalized spacial score (nSPS) is 33.1. The Balaban J connectivity index is 0.957. The van der Waals surface area contributed by atoms with Crippen molar-refractivity contribution in [1.82, 2.24) is 14.7 Å². The van der Waals surface area contributed by atoms with Crippen molar-refractivity contribution in [2.45, 2.75) is 45.1 Å². The third-order valence-electron chi connectivity index (χ3n) is 9.27. The number of benzene rings is 1. The smallest absolute Gasteiger partial charge is 0.238 e. The molecule has 0 unspecified atom stereocenters. The Morgan fingerprint density at radius 1 is 0.829 bits per heavy atom. The lowest BCUT2D eigenvalue weighted by Gasteiger charge is -2.57. The van der Waals surface area contributed by atoms with Gasteiger partial charge in [-0.15, -0.1) is 0 Å². The maximum Gasteiger partial charge on any atom is 0.238 e. The number of rotatable bonds is 6. The van der Waals surface area contributed by atoms with Gasteiger partial charge in [0.1, 0.15) is 0 Å². The number of amides is 2. The zero-order valence-electron chi connectivity index (χ0n) is 20.9. The molecule has 7 nitrogen and oxygen atoms in total. The Labute approximate surface area is 209 Å². The molecular weight excluding hydrogens is 440 g/mol. The van der Waals surface area contributed by atoms with Gasteiger partial charge in [-0.2, -0.15) is 0 Å². The van der Waals surface area contributed by atoms with Gasteiger partial charge in [0.15, 0.2) is 0 Å². The second kappa shape index (κ2) is 9.83. The van der Waals surface area contributed by atoms with Crippen molar-refractivity contribution in [2.24, 2.45) is 23.2 Å². The molecule has 2 amide bonds. The van der Waals surface area contributed by atoms with Crippen LogP contribution in [0.25, 0.3) is 0 Å². The van der Waals surface area contributed by atoms with Crippen molar-refractivity contribution < 1.29 is 14.3 Å². The van der Waals surface area contributed by atoms with E-state index in [-0.39, 0.29) is 11.3 Å². The maximum absolute atomic E-state index is 13.6. The SMILES string of the molecule is O=C(CN1CCN(C(=O)C23CC4CC(CC(C4)C2)C3)CC1)Nc1ccc(CN2CCOCC2)cc1. The molecule has 2 aliphatic heterocycles. The Hall–Kier alpha value is -1.96. The molecule has 4 saturated carbocycles. The van der Waals surface area contributed by atoms with Gasteiger partial charge in [-0.05, 0) is 74.0 Å². The summed E-state index contributed by atoms with van der Waals surface area (Å²) in [6.07, 6.45) is 7.49. The number of carbonyl (C=O) groups excluding carboxylic acids is 2. The van der Waals surface area contributed by atoms with Gasteiger partial charge in [-0.3, -0.25) is 19.4 Å². The van der Waals surface area contributed by atoms with Gasteiger partial charge < -0.3 is 15.0 Å². The summed E-state index contributed by atoms with van der Waals surface area (Å²) in [6, 6.07) is 8.19. The molecule has 4 aliphatic carbocycles. The molecule has 4 bridgehead atoms. The fourth-order valence-corrected chi connectivity index (χ4v) is 7.93. The van der Waals surface area contributed by atoms with Gasteiger partial charge in [0.25, 0.3) is 0 Å². The highest BCUT2D eigenvalue weighted by molar-refractivity contribution is 5.92. The zero-order chi connectivity index (χ0) is 23.8. The van der Waals surface area contributed by atoms with E-state index >= 15 is 0 Å². The summed E-state index contributed by atoms with van der Waals surface area (Å²) in [4.78, 5) is 33.0. The van der Waals surface area contributed by atoms with Crippen LogP contribution in [0.3, 0.4) is 0 Å². The lowest BCUT2D eigenvalue weighted by atomic mass is 9.49. The van der Waals surface area contributed by atoms with Gasteiger partial charge in [-0.25, -0.2) is 0 Å². The second-order valence-corrected chi connectivity index (χ2v) is 11.9. The zero-order valence-corrected chi connectivity index (χ0v) is 20.9. The number of carbonyl (C=O) groups is 2. The van der Waals surface area contributed by atoms with E-state index in [9.17, 15) is 9.59 Å². The van der Waals surface area contributed by atoms with E-state index in [1.807, 2.05) is 12.1 Å². The molecule has 1 aromatic rings. The van der Waals surface area contributed by atoms with Crippen molar-refractivity contribution >= 4 is 17.5 Å². The van der Waals surface area contributed by atoms with Crippen LogP contribution in [0.5, 0.6) is 0 Å². The number of hydrogen-bond acceptors (Lipinski definition) is 5. The molecular formula is C28H40N4O3. The van der Waals surface area contributed by atoms with E-state index < -0.39 is 0 Å². The first-order valence-electron chi connectivity index (χ1n) is 13.8. The van der Waals surface area contributed by atoms with Crippen LogP contribution < -0.4 is 5.32 Å². The first-order chi connectivity index (χ1) is 17.0. The summed E-state index contributed by atoms with van der Waals surface area (Å²) >= 11 is 0. The molecule has 7 rings (SSSR count).